The number of carbonyl (C=O) groups is 2. The average Bonchev–Trinajstić information content (AvgIpc) is 2.65. The van der Waals surface area contributed by atoms with E-state index in [1.54, 1.807) is 36.4 Å². The van der Waals surface area contributed by atoms with Crippen molar-refractivity contribution in [2.75, 3.05) is 54.5 Å². The van der Waals surface area contributed by atoms with Crippen molar-refractivity contribution >= 4 is 11.6 Å². The quantitative estimate of drug-likeness (QED) is 0.596. The average molecular weight is 382 g/mol. The molecule has 1 aliphatic rings. The Kier molecular flexibility index (Phi) is 6.11. The predicted octanol–water partition coefficient (Wildman–Crippen LogP) is 2.34. The van der Waals surface area contributed by atoms with Crippen LogP contribution in [0.5, 0.6) is 11.5 Å². The highest BCUT2D eigenvalue weighted by atomic mass is 16.5. The Bertz CT molecular complexity index is 817. The molecule has 0 fully saturated rings. The summed E-state index contributed by atoms with van der Waals surface area (Å²) in [6.07, 6.45) is 0. The molecule has 2 aromatic carbocycles. The van der Waals surface area contributed by atoms with Gasteiger partial charge in [-0.3, -0.25) is 9.59 Å². The van der Waals surface area contributed by atoms with Gasteiger partial charge in [0.15, 0.2) is 11.6 Å². The number of hydrogen-bond donors (Lipinski definition) is 0. The van der Waals surface area contributed by atoms with E-state index in [0.717, 1.165) is 13.1 Å². The lowest BCUT2D eigenvalue weighted by Crippen LogP contribution is -2.22. The normalized spacial score (nSPS) is 12.9. The molecule has 0 aliphatic heterocycles. The lowest BCUT2D eigenvalue weighted by Gasteiger charge is -2.20. The minimum absolute atomic E-state index is 0.164. The molecule has 0 spiro atoms. The zero-order chi connectivity index (χ0) is 20.3. The fourth-order valence-electron chi connectivity index (χ4n) is 2.98. The van der Waals surface area contributed by atoms with Gasteiger partial charge in [-0.2, -0.15) is 0 Å². The van der Waals surface area contributed by atoms with Crippen LogP contribution in [0, 0.1) is 0 Å². The van der Waals surface area contributed by atoms with E-state index in [1.807, 2.05) is 38.0 Å². The number of benzene rings is 2. The third kappa shape index (κ3) is 4.40. The van der Waals surface area contributed by atoms with Gasteiger partial charge in [0.25, 0.3) is 0 Å². The van der Waals surface area contributed by atoms with Gasteiger partial charge in [-0.25, -0.2) is 0 Å². The second-order valence-corrected chi connectivity index (χ2v) is 7.38. The Morgan fingerprint density at radius 1 is 0.643 bits per heavy atom. The van der Waals surface area contributed by atoms with Gasteiger partial charge in [-0.05, 0) is 64.6 Å². The number of ether oxygens (including phenoxy) is 2. The Morgan fingerprint density at radius 2 is 1.04 bits per heavy atom. The van der Waals surface area contributed by atoms with Gasteiger partial charge in [0.1, 0.15) is 24.7 Å². The number of carbonyl (C=O) groups excluding carboxylic acids is 2. The number of ketones is 2. The summed E-state index contributed by atoms with van der Waals surface area (Å²) in [5.74, 6) is 0.854. The van der Waals surface area contributed by atoms with Gasteiger partial charge < -0.3 is 19.3 Å². The third-order valence-electron chi connectivity index (χ3n) is 4.58. The molecule has 28 heavy (non-hydrogen) atoms. The third-order valence-corrected chi connectivity index (χ3v) is 4.58. The molecule has 148 valence electrons. The minimum atomic E-state index is -0.164. The molecule has 2 aromatic rings. The van der Waals surface area contributed by atoms with Crippen LogP contribution in [-0.2, 0) is 0 Å². The Morgan fingerprint density at radius 3 is 1.39 bits per heavy atom. The van der Waals surface area contributed by atoms with E-state index in [-0.39, 0.29) is 11.6 Å². The number of likely N-dealkylation sites (N-methyl/N-ethyl adjacent to an activating group) is 2. The van der Waals surface area contributed by atoms with Crippen LogP contribution in [0.3, 0.4) is 0 Å². The van der Waals surface area contributed by atoms with E-state index in [2.05, 4.69) is 0 Å². The minimum Gasteiger partial charge on any atom is -0.492 e. The van der Waals surface area contributed by atoms with E-state index < -0.39 is 0 Å². The van der Waals surface area contributed by atoms with Crippen molar-refractivity contribution < 1.29 is 19.1 Å². The number of fused-ring (bicyclic) bond motifs is 2. The summed E-state index contributed by atoms with van der Waals surface area (Å²) >= 11 is 0. The lowest BCUT2D eigenvalue weighted by molar-refractivity contribution is 0.0978. The Labute approximate surface area is 165 Å². The van der Waals surface area contributed by atoms with E-state index in [9.17, 15) is 9.59 Å². The first-order chi connectivity index (χ1) is 13.4. The molecule has 0 unspecified atom stereocenters. The van der Waals surface area contributed by atoms with Gasteiger partial charge in [0.05, 0.1) is 0 Å². The van der Waals surface area contributed by atoms with Crippen molar-refractivity contribution in [1.82, 2.24) is 9.80 Å². The highest BCUT2D eigenvalue weighted by molar-refractivity contribution is 6.28. The molecule has 0 aromatic heterocycles. The molecule has 0 heterocycles. The van der Waals surface area contributed by atoms with Crippen molar-refractivity contribution in [3.05, 3.63) is 58.7 Å². The van der Waals surface area contributed by atoms with Crippen molar-refractivity contribution in [1.29, 1.82) is 0 Å². The van der Waals surface area contributed by atoms with Crippen LogP contribution in [0.4, 0.5) is 0 Å². The SMILES string of the molecule is CN(C)CCOc1ccc2c(c1)C(=O)c1ccc(OCCN(C)C)cc1C2=O. The maximum Gasteiger partial charge on any atom is 0.194 e. The zero-order valence-corrected chi connectivity index (χ0v) is 16.8. The van der Waals surface area contributed by atoms with Crippen LogP contribution >= 0.6 is 0 Å². The van der Waals surface area contributed by atoms with E-state index in [1.165, 1.54) is 0 Å². The summed E-state index contributed by atoms with van der Waals surface area (Å²) < 4.78 is 11.4. The van der Waals surface area contributed by atoms with Gasteiger partial charge in [-0.1, -0.05) is 0 Å². The van der Waals surface area contributed by atoms with Gasteiger partial charge >= 0.3 is 0 Å². The van der Waals surface area contributed by atoms with Crippen molar-refractivity contribution in [2.24, 2.45) is 0 Å². The largest absolute Gasteiger partial charge is 0.492 e. The lowest BCUT2D eigenvalue weighted by atomic mass is 9.84. The molecule has 0 radical (unpaired) electrons. The Hall–Kier alpha value is -2.70. The fraction of sp³-hybridized carbons (Fsp3) is 0.364. The smallest absolute Gasteiger partial charge is 0.194 e. The molecule has 6 heteroatoms. The highest BCUT2D eigenvalue weighted by Gasteiger charge is 2.30. The molecule has 0 bridgehead atoms. The molecule has 0 N–H and O–H groups in total. The molecule has 3 rings (SSSR count). The van der Waals surface area contributed by atoms with E-state index >= 15 is 0 Å². The van der Waals surface area contributed by atoms with Crippen LogP contribution in [0.2, 0.25) is 0 Å². The molecule has 1 aliphatic carbocycles. The molecular formula is C22H26N2O4. The van der Waals surface area contributed by atoms with Crippen LogP contribution in [-0.4, -0.2) is 75.9 Å². The standard InChI is InChI=1S/C22H26N2O4/c1-23(2)9-11-27-15-5-7-17-19(13-15)21(25)18-8-6-16(14-20(18)22(17)26)28-12-10-24(3)4/h5-8,13-14H,9-12H2,1-4H3. The van der Waals surface area contributed by atoms with E-state index in [4.69, 9.17) is 9.47 Å². The topological polar surface area (TPSA) is 59.1 Å². The first kappa shape index (κ1) is 20.0. The summed E-state index contributed by atoms with van der Waals surface area (Å²) in [7, 11) is 7.86. The van der Waals surface area contributed by atoms with E-state index in [0.29, 0.717) is 47.0 Å². The maximum absolute atomic E-state index is 12.9. The van der Waals surface area contributed by atoms with Crippen LogP contribution in [0.25, 0.3) is 0 Å². The number of rotatable bonds is 8. The molecule has 0 atom stereocenters. The second kappa shape index (κ2) is 8.54. The van der Waals surface area contributed by atoms with Gasteiger partial charge in [0, 0.05) is 35.3 Å². The number of nitrogens with zero attached hydrogens (tertiary/aromatic N) is 2. The summed E-state index contributed by atoms with van der Waals surface area (Å²) in [5, 5.41) is 0. The highest BCUT2D eigenvalue weighted by Crippen LogP contribution is 2.32. The van der Waals surface area contributed by atoms with Crippen LogP contribution < -0.4 is 9.47 Å². The van der Waals surface area contributed by atoms with Crippen LogP contribution in [0.1, 0.15) is 31.8 Å². The van der Waals surface area contributed by atoms with Crippen LogP contribution in [0.15, 0.2) is 36.4 Å². The molecule has 0 saturated heterocycles. The first-order valence-corrected chi connectivity index (χ1v) is 9.29. The fourth-order valence-corrected chi connectivity index (χ4v) is 2.98. The van der Waals surface area contributed by atoms with Crippen molar-refractivity contribution in [2.45, 2.75) is 0 Å². The molecule has 0 amide bonds. The van der Waals surface area contributed by atoms with Crippen molar-refractivity contribution in [3.8, 4) is 11.5 Å². The number of hydrogen-bond acceptors (Lipinski definition) is 6. The molecule has 6 nitrogen and oxygen atoms in total. The second-order valence-electron chi connectivity index (χ2n) is 7.38. The molecule has 0 saturated carbocycles. The summed E-state index contributed by atoms with van der Waals surface area (Å²) in [4.78, 5) is 29.9. The summed E-state index contributed by atoms with van der Waals surface area (Å²) in [6, 6.07) is 10.1. The predicted molar refractivity (Wildman–Crippen MR) is 108 cm³/mol. The molecular weight excluding hydrogens is 356 g/mol. The van der Waals surface area contributed by atoms with Gasteiger partial charge in [-0.15, -0.1) is 0 Å². The Balaban J connectivity index is 1.81. The first-order valence-electron chi connectivity index (χ1n) is 9.29. The summed E-state index contributed by atoms with van der Waals surface area (Å²) in [5.41, 5.74) is 1.59. The monoisotopic (exact) mass is 382 g/mol. The summed E-state index contributed by atoms with van der Waals surface area (Å²) in [6.45, 7) is 2.56. The van der Waals surface area contributed by atoms with Crippen molar-refractivity contribution in [3.63, 3.8) is 0 Å². The van der Waals surface area contributed by atoms with Gasteiger partial charge in [0.2, 0.25) is 0 Å². The maximum atomic E-state index is 12.9. The zero-order valence-electron chi connectivity index (χ0n) is 16.8.